The van der Waals surface area contributed by atoms with Crippen LogP contribution < -0.4 is 4.74 Å². The molecule has 1 heterocycles. The second kappa shape index (κ2) is 7.00. The molecule has 3 rings (SSSR count). The number of ether oxygens (including phenoxy) is 3. The minimum atomic E-state index is -1.05. The molecule has 1 aliphatic rings. The van der Waals surface area contributed by atoms with E-state index in [-0.39, 0.29) is 6.42 Å². The van der Waals surface area contributed by atoms with Gasteiger partial charge in [-0.15, -0.1) is 0 Å². The standard InChI is InChI=1S/C19H16O5/c1-22-15-9-7-13(8-10-15)11-16(14-5-3-2-4-6-14)19-23-17(20)12-18(21)24-19/h2-11,19H,12H2,1H3. The van der Waals surface area contributed by atoms with Crippen LogP contribution in [0.3, 0.4) is 0 Å². The highest BCUT2D eigenvalue weighted by atomic mass is 16.7. The van der Waals surface area contributed by atoms with Crippen LogP contribution in [-0.4, -0.2) is 25.3 Å². The van der Waals surface area contributed by atoms with E-state index in [1.54, 1.807) is 7.11 Å². The molecule has 0 saturated carbocycles. The first kappa shape index (κ1) is 15.8. The van der Waals surface area contributed by atoms with E-state index in [2.05, 4.69) is 0 Å². The van der Waals surface area contributed by atoms with E-state index in [4.69, 9.17) is 14.2 Å². The normalized spacial score (nSPS) is 15.6. The van der Waals surface area contributed by atoms with Crippen molar-refractivity contribution in [3.63, 3.8) is 0 Å². The molecule has 0 atom stereocenters. The highest BCUT2D eigenvalue weighted by molar-refractivity contribution is 5.95. The smallest absolute Gasteiger partial charge is 0.320 e. The zero-order valence-corrected chi connectivity index (χ0v) is 13.1. The Morgan fingerprint density at radius 1 is 1.00 bits per heavy atom. The molecule has 2 aromatic rings. The minimum absolute atomic E-state index is 0.360. The summed E-state index contributed by atoms with van der Waals surface area (Å²) in [7, 11) is 1.60. The van der Waals surface area contributed by atoms with Crippen molar-refractivity contribution in [1.82, 2.24) is 0 Å². The topological polar surface area (TPSA) is 61.8 Å². The molecule has 0 unspecified atom stereocenters. The van der Waals surface area contributed by atoms with E-state index < -0.39 is 18.2 Å². The highest BCUT2D eigenvalue weighted by Crippen LogP contribution is 2.28. The molecule has 0 aromatic heterocycles. The molecular weight excluding hydrogens is 308 g/mol. The molecule has 2 aromatic carbocycles. The van der Waals surface area contributed by atoms with Crippen LogP contribution in [0.25, 0.3) is 11.6 Å². The number of rotatable bonds is 4. The van der Waals surface area contributed by atoms with Gasteiger partial charge in [-0.05, 0) is 29.3 Å². The van der Waals surface area contributed by atoms with Gasteiger partial charge in [0.05, 0.1) is 7.11 Å². The lowest BCUT2D eigenvalue weighted by Crippen LogP contribution is -2.33. The van der Waals surface area contributed by atoms with Gasteiger partial charge in [-0.25, -0.2) is 0 Å². The Hall–Kier alpha value is -3.08. The molecule has 0 N–H and O–H groups in total. The maximum Gasteiger partial charge on any atom is 0.320 e. The highest BCUT2D eigenvalue weighted by Gasteiger charge is 2.31. The van der Waals surface area contributed by atoms with Gasteiger partial charge in [-0.3, -0.25) is 9.59 Å². The van der Waals surface area contributed by atoms with Gasteiger partial charge >= 0.3 is 11.9 Å². The summed E-state index contributed by atoms with van der Waals surface area (Å²) in [5.41, 5.74) is 2.27. The molecule has 5 nitrogen and oxygen atoms in total. The third-order valence-electron chi connectivity index (χ3n) is 3.56. The molecule has 5 heteroatoms. The zero-order valence-electron chi connectivity index (χ0n) is 13.1. The van der Waals surface area contributed by atoms with E-state index >= 15 is 0 Å². The molecule has 1 saturated heterocycles. The fraction of sp³-hybridized carbons (Fsp3) is 0.158. The predicted octanol–water partition coefficient (Wildman–Crippen LogP) is 3.05. The van der Waals surface area contributed by atoms with E-state index in [1.807, 2.05) is 60.7 Å². The van der Waals surface area contributed by atoms with Gasteiger partial charge in [0.1, 0.15) is 12.2 Å². The summed E-state index contributed by atoms with van der Waals surface area (Å²) in [6.45, 7) is 0. The predicted molar refractivity (Wildman–Crippen MR) is 87.9 cm³/mol. The SMILES string of the molecule is COc1ccc(C=C(c2ccccc2)C2OC(=O)CC(=O)O2)cc1. The first-order chi connectivity index (χ1) is 11.7. The van der Waals surface area contributed by atoms with E-state index in [0.29, 0.717) is 5.57 Å². The van der Waals surface area contributed by atoms with Crippen molar-refractivity contribution in [2.45, 2.75) is 12.7 Å². The summed E-state index contributed by atoms with van der Waals surface area (Å²) in [5, 5.41) is 0. The van der Waals surface area contributed by atoms with Crippen molar-refractivity contribution in [3.05, 3.63) is 65.7 Å². The second-order valence-electron chi connectivity index (χ2n) is 5.23. The summed E-state index contributed by atoms with van der Waals surface area (Å²) in [6, 6.07) is 16.7. The third kappa shape index (κ3) is 3.63. The number of benzene rings is 2. The van der Waals surface area contributed by atoms with Crippen molar-refractivity contribution < 1.29 is 23.8 Å². The quantitative estimate of drug-likeness (QED) is 0.491. The lowest BCUT2D eigenvalue weighted by atomic mass is 10.0. The van der Waals surface area contributed by atoms with E-state index in [1.165, 1.54) is 0 Å². The summed E-state index contributed by atoms with van der Waals surface area (Å²) < 4.78 is 15.6. The van der Waals surface area contributed by atoms with Crippen LogP contribution in [0.5, 0.6) is 5.75 Å². The first-order valence-electron chi connectivity index (χ1n) is 7.46. The Morgan fingerprint density at radius 2 is 1.62 bits per heavy atom. The molecule has 0 spiro atoms. The van der Waals surface area contributed by atoms with Gasteiger partial charge in [0.25, 0.3) is 6.29 Å². The number of cyclic esters (lactones) is 2. The maximum atomic E-state index is 11.6. The number of carbonyl (C=O) groups is 2. The fourth-order valence-corrected chi connectivity index (χ4v) is 2.39. The molecular formula is C19H16O5. The Labute approximate surface area is 139 Å². The van der Waals surface area contributed by atoms with Crippen molar-refractivity contribution in [1.29, 1.82) is 0 Å². The average molecular weight is 324 g/mol. The lowest BCUT2D eigenvalue weighted by molar-refractivity contribution is -0.192. The Morgan fingerprint density at radius 3 is 2.21 bits per heavy atom. The molecule has 1 fully saturated rings. The van der Waals surface area contributed by atoms with Gasteiger partial charge in [0.15, 0.2) is 0 Å². The number of hydrogen-bond acceptors (Lipinski definition) is 5. The monoisotopic (exact) mass is 324 g/mol. The maximum absolute atomic E-state index is 11.6. The van der Waals surface area contributed by atoms with Gasteiger partial charge in [0, 0.05) is 5.57 Å². The Kier molecular flexibility index (Phi) is 4.61. The molecule has 1 aliphatic heterocycles. The number of carbonyl (C=O) groups excluding carboxylic acids is 2. The van der Waals surface area contributed by atoms with Gasteiger partial charge in [0.2, 0.25) is 0 Å². The summed E-state index contributed by atoms with van der Waals surface area (Å²) in [5.74, 6) is -0.440. The molecule has 122 valence electrons. The largest absolute Gasteiger partial charge is 0.497 e. The summed E-state index contributed by atoms with van der Waals surface area (Å²) >= 11 is 0. The molecule has 0 amide bonds. The number of esters is 2. The summed E-state index contributed by atoms with van der Waals surface area (Å²) in [4.78, 5) is 23.2. The van der Waals surface area contributed by atoms with Gasteiger partial charge in [-0.1, -0.05) is 42.5 Å². The first-order valence-corrected chi connectivity index (χ1v) is 7.46. The van der Waals surface area contributed by atoms with E-state index in [9.17, 15) is 9.59 Å². The van der Waals surface area contributed by atoms with Crippen LogP contribution in [0.2, 0.25) is 0 Å². The zero-order chi connectivity index (χ0) is 16.9. The van der Waals surface area contributed by atoms with Gasteiger partial charge in [-0.2, -0.15) is 0 Å². The average Bonchev–Trinajstić information content (AvgIpc) is 2.60. The van der Waals surface area contributed by atoms with E-state index in [0.717, 1.165) is 16.9 Å². The van der Waals surface area contributed by atoms with Crippen molar-refractivity contribution >= 4 is 23.6 Å². The molecule has 0 bridgehead atoms. The van der Waals surface area contributed by atoms with Crippen LogP contribution in [0.15, 0.2) is 54.6 Å². The van der Waals surface area contributed by atoms with Crippen LogP contribution in [0.4, 0.5) is 0 Å². The number of methoxy groups -OCH3 is 1. The van der Waals surface area contributed by atoms with Crippen LogP contribution in [0, 0.1) is 0 Å². The molecule has 0 aliphatic carbocycles. The third-order valence-corrected chi connectivity index (χ3v) is 3.56. The fourth-order valence-electron chi connectivity index (χ4n) is 2.39. The van der Waals surface area contributed by atoms with Crippen LogP contribution >= 0.6 is 0 Å². The molecule has 0 radical (unpaired) electrons. The summed E-state index contributed by atoms with van der Waals surface area (Å²) in [6.07, 6.45) is 0.412. The van der Waals surface area contributed by atoms with Crippen molar-refractivity contribution in [2.24, 2.45) is 0 Å². The minimum Gasteiger partial charge on any atom is -0.497 e. The Bertz CT molecular complexity index is 746. The lowest BCUT2D eigenvalue weighted by Gasteiger charge is -2.25. The number of hydrogen-bond donors (Lipinski definition) is 0. The van der Waals surface area contributed by atoms with Crippen molar-refractivity contribution in [2.75, 3.05) is 7.11 Å². The van der Waals surface area contributed by atoms with Crippen LogP contribution in [-0.2, 0) is 19.1 Å². The van der Waals surface area contributed by atoms with Crippen LogP contribution in [0.1, 0.15) is 17.5 Å². The Balaban J connectivity index is 1.99. The van der Waals surface area contributed by atoms with Gasteiger partial charge < -0.3 is 14.2 Å². The molecule has 24 heavy (non-hydrogen) atoms. The second-order valence-corrected chi connectivity index (χ2v) is 5.23. The van der Waals surface area contributed by atoms with Crippen molar-refractivity contribution in [3.8, 4) is 5.75 Å².